The summed E-state index contributed by atoms with van der Waals surface area (Å²) in [6.07, 6.45) is 2.08. The largest absolute Gasteiger partial charge is 0.508 e. The van der Waals surface area contributed by atoms with E-state index in [0.29, 0.717) is 17.1 Å². The van der Waals surface area contributed by atoms with Gasteiger partial charge in [-0.2, -0.15) is 0 Å². The number of amides is 1. The lowest BCUT2D eigenvalue weighted by Crippen LogP contribution is -2.24. The first-order valence-electron chi connectivity index (χ1n) is 6.92. The summed E-state index contributed by atoms with van der Waals surface area (Å²) < 4.78 is 0. The molecule has 0 saturated carbocycles. The van der Waals surface area contributed by atoms with Gasteiger partial charge in [-0.05, 0) is 29.3 Å². The number of nitrogens with one attached hydrogen (secondary N) is 2. The Morgan fingerprint density at radius 3 is 2.82 bits per heavy atom. The van der Waals surface area contributed by atoms with Crippen LogP contribution in [-0.4, -0.2) is 16.0 Å². The zero-order valence-corrected chi connectivity index (χ0v) is 12.5. The molecule has 1 heterocycles. The first kappa shape index (κ1) is 14.5. The lowest BCUT2D eigenvalue weighted by Gasteiger charge is -2.06. The van der Waals surface area contributed by atoms with Crippen LogP contribution in [0.25, 0.3) is 10.9 Å². The van der Waals surface area contributed by atoms with Gasteiger partial charge in [0.05, 0.1) is 6.42 Å². The maximum Gasteiger partial charge on any atom is 0.224 e. The fourth-order valence-electron chi connectivity index (χ4n) is 2.39. The smallest absolute Gasteiger partial charge is 0.224 e. The lowest BCUT2D eigenvalue weighted by atomic mass is 10.1. The van der Waals surface area contributed by atoms with Gasteiger partial charge in [0.2, 0.25) is 5.91 Å². The minimum absolute atomic E-state index is 0.0907. The molecule has 22 heavy (non-hydrogen) atoms. The van der Waals surface area contributed by atoms with Crippen LogP contribution in [0.2, 0.25) is 5.02 Å². The molecule has 0 radical (unpaired) electrons. The van der Waals surface area contributed by atoms with E-state index in [0.717, 1.165) is 16.5 Å². The van der Waals surface area contributed by atoms with E-state index in [1.807, 2.05) is 30.5 Å². The highest BCUT2D eigenvalue weighted by Gasteiger charge is 2.09. The molecular formula is C17H15ClN2O2. The van der Waals surface area contributed by atoms with Gasteiger partial charge in [-0.1, -0.05) is 35.9 Å². The third-order valence-corrected chi connectivity index (χ3v) is 3.89. The summed E-state index contributed by atoms with van der Waals surface area (Å²) in [5.41, 5.74) is 2.78. The highest BCUT2D eigenvalue weighted by atomic mass is 35.5. The molecule has 1 amide bonds. The van der Waals surface area contributed by atoms with Crippen molar-refractivity contribution in [2.24, 2.45) is 0 Å². The number of phenolic OH excluding ortho intramolecular Hbond substituents is 1. The number of hydrogen-bond acceptors (Lipinski definition) is 2. The highest BCUT2D eigenvalue weighted by molar-refractivity contribution is 6.31. The first-order valence-corrected chi connectivity index (χ1v) is 7.30. The second-order valence-electron chi connectivity index (χ2n) is 5.09. The van der Waals surface area contributed by atoms with Crippen molar-refractivity contribution in [2.75, 3.05) is 0 Å². The van der Waals surface area contributed by atoms with Gasteiger partial charge in [0.1, 0.15) is 5.75 Å². The molecule has 3 rings (SSSR count). The molecule has 0 unspecified atom stereocenters. The highest BCUT2D eigenvalue weighted by Crippen LogP contribution is 2.22. The molecular weight excluding hydrogens is 300 g/mol. The van der Waals surface area contributed by atoms with Crippen LogP contribution in [0.3, 0.4) is 0 Å². The Balaban J connectivity index is 1.65. The number of hydrogen-bond donors (Lipinski definition) is 3. The molecule has 0 aliphatic rings. The minimum Gasteiger partial charge on any atom is -0.508 e. The molecule has 0 aliphatic heterocycles. The summed E-state index contributed by atoms with van der Waals surface area (Å²) in [7, 11) is 0. The lowest BCUT2D eigenvalue weighted by molar-refractivity contribution is -0.120. The number of rotatable bonds is 4. The fourth-order valence-corrected chi connectivity index (χ4v) is 2.63. The summed E-state index contributed by atoms with van der Waals surface area (Å²) in [4.78, 5) is 15.2. The molecule has 0 spiro atoms. The Labute approximate surface area is 132 Å². The van der Waals surface area contributed by atoms with E-state index in [1.54, 1.807) is 6.07 Å². The Morgan fingerprint density at radius 2 is 2.00 bits per heavy atom. The molecule has 4 nitrogen and oxygen atoms in total. The molecule has 3 aromatic rings. The van der Waals surface area contributed by atoms with E-state index in [4.69, 9.17) is 11.6 Å². The Hall–Kier alpha value is -2.46. The van der Waals surface area contributed by atoms with Crippen LogP contribution in [0.4, 0.5) is 0 Å². The molecule has 0 bridgehead atoms. The zero-order valence-electron chi connectivity index (χ0n) is 11.8. The summed E-state index contributed by atoms with van der Waals surface area (Å²) in [6, 6.07) is 12.6. The number of H-pyrrole nitrogens is 1. The quantitative estimate of drug-likeness (QED) is 0.691. The van der Waals surface area contributed by atoms with E-state index in [9.17, 15) is 9.90 Å². The Bertz CT molecular complexity index is 826. The normalized spacial score (nSPS) is 10.8. The maximum atomic E-state index is 12.0. The number of aromatic hydroxyl groups is 1. The third kappa shape index (κ3) is 3.07. The fraction of sp³-hybridized carbons (Fsp3) is 0.118. The molecule has 0 fully saturated rings. The van der Waals surface area contributed by atoms with Gasteiger partial charge in [0.25, 0.3) is 0 Å². The van der Waals surface area contributed by atoms with Crippen molar-refractivity contribution >= 4 is 28.4 Å². The SMILES string of the molecule is O=C(Cc1ccc(O)cc1Cl)NCc1c[nH]c2ccccc12. The predicted octanol–water partition coefficient (Wildman–Crippen LogP) is 3.39. The molecule has 5 heteroatoms. The summed E-state index contributed by atoms with van der Waals surface area (Å²) in [5.74, 6) is -0.0224. The van der Waals surface area contributed by atoms with Gasteiger partial charge in [-0.15, -0.1) is 0 Å². The van der Waals surface area contributed by atoms with Crippen molar-refractivity contribution in [1.29, 1.82) is 0 Å². The number of phenols is 1. The van der Waals surface area contributed by atoms with Crippen LogP contribution in [0, 0.1) is 0 Å². The number of carbonyl (C=O) groups excluding carboxylic acids is 1. The topological polar surface area (TPSA) is 65.1 Å². The van der Waals surface area contributed by atoms with Crippen molar-refractivity contribution in [1.82, 2.24) is 10.3 Å². The first-order chi connectivity index (χ1) is 10.6. The number of fused-ring (bicyclic) bond motifs is 1. The molecule has 0 saturated heterocycles. The standard InChI is InChI=1S/C17H15ClN2O2/c18-15-8-13(21)6-5-11(15)7-17(22)20-10-12-9-19-16-4-2-1-3-14(12)16/h1-6,8-9,19,21H,7,10H2,(H,20,22). The number of aromatic amines is 1. The van der Waals surface area contributed by atoms with Gasteiger partial charge in [0.15, 0.2) is 0 Å². The van der Waals surface area contributed by atoms with Crippen LogP contribution in [-0.2, 0) is 17.8 Å². The van der Waals surface area contributed by atoms with E-state index in [2.05, 4.69) is 10.3 Å². The van der Waals surface area contributed by atoms with E-state index < -0.39 is 0 Å². The molecule has 112 valence electrons. The van der Waals surface area contributed by atoms with Gasteiger partial charge in [-0.3, -0.25) is 4.79 Å². The van der Waals surface area contributed by atoms with Gasteiger partial charge in [0, 0.05) is 28.7 Å². The zero-order chi connectivity index (χ0) is 15.5. The van der Waals surface area contributed by atoms with E-state index >= 15 is 0 Å². The minimum atomic E-state index is -0.113. The average molecular weight is 315 g/mol. The number of aromatic nitrogens is 1. The van der Waals surface area contributed by atoms with Crippen LogP contribution < -0.4 is 5.32 Å². The van der Waals surface area contributed by atoms with Crippen LogP contribution in [0.15, 0.2) is 48.7 Å². The van der Waals surface area contributed by atoms with Gasteiger partial charge in [-0.25, -0.2) is 0 Å². The molecule has 3 N–H and O–H groups in total. The number of benzene rings is 2. The Kier molecular flexibility index (Phi) is 4.02. The van der Waals surface area contributed by atoms with Crippen molar-refractivity contribution < 1.29 is 9.90 Å². The molecule has 0 atom stereocenters. The molecule has 1 aromatic heterocycles. The summed E-state index contributed by atoms with van der Waals surface area (Å²) >= 11 is 6.01. The Morgan fingerprint density at radius 1 is 1.18 bits per heavy atom. The maximum absolute atomic E-state index is 12.0. The monoisotopic (exact) mass is 314 g/mol. The number of halogens is 1. The van der Waals surface area contributed by atoms with E-state index in [1.165, 1.54) is 12.1 Å². The second-order valence-corrected chi connectivity index (χ2v) is 5.50. The summed E-state index contributed by atoms with van der Waals surface area (Å²) in [6.45, 7) is 0.457. The third-order valence-electron chi connectivity index (χ3n) is 3.54. The van der Waals surface area contributed by atoms with Gasteiger partial charge >= 0.3 is 0 Å². The van der Waals surface area contributed by atoms with Crippen molar-refractivity contribution in [3.8, 4) is 5.75 Å². The van der Waals surface area contributed by atoms with Gasteiger partial charge < -0.3 is 15.4 Å². The van der Waals surface area contributed by atoms with Crippen LogP contribution in [0.5, 0.6) is 5.75 Å². The second kappa shape index (κ2) is 6.12. The summed E-state index contributed by atoms with van der Waals surface area (Å²) in [5, 5.41) is 13.7. The molecule has 0 aliphatic carbocycles. The van der Waals surface area contributed by atoms with Crippen LogP contribution >= 0.6 is 11.6 Å². The molecule has 2 aromatic carbocycles. The predicted molar refractivity (Wildman–Crippen MR) is 87.0 cm³/mol. The average Bonchev–Trinajstić information content (AvgIpc) is 2.91. The van der Waals surface area contributed by atoms with Crippen molar-refractivity contribution in [3.05, 3.63) is 64.8 Å². The van der Waals surface area contributed by atoms with Crippen LogP contribution in [0.1, 0.15) is 11.1 Å². The van der Waals surface area contributed by atoms with Crippen molar-refractivity contribution in [3.63, 3.8) is 0 Å². The van der Waals surface area contributed by atoms with Crippen molar-refractivity contribution in [2.45, 2.75) is 13.0 Å². The number of carbonyl (C=O) groups is 1. The van der Waals surface area contributed by atoms with E-state index in [-0.39, 0.29) is 18.1 Å². The number of para-hydroxylation sites is 1.